The van der Waals surface area contributed by atoms with Gasteiger partial charge in [0, 0.05) is 11.8 Å². The van der Waals surface area contributed by atoms with Crippen molar-refractivity contribution in [2.45, 2.75) is 26.7 Å². The van der Waals surface area contributed by atoms with Crippen LogP contribution in [0.3, 0.4) is 0 Å². The zero-order valence-corrected chi connectivity index (χ0v) is 10.9. The lowest BCUT2D eigenvalue weighted by atomic mass is 10.1. The van der Waals surface area contributed by atoms with Crippen molar-refractivity contribution in [2.24, 2.45) is 11.8 Å². The number of hydrogen-bond donors (Lipinski definition) is 0. The molecule has 0 aromatic carbocycles. The molecule has 1 rings (SSSR count). The molecule has 0 saturated carbocycles. The minimum absolute atomic E-state index is 0.104. The molecule has 100 valence electrons. The number of carbonyl (C=O) groups is 2. The van der Waals surface area contributed by atoms with Crippen LogP contribution in [0.1, 0.15) is 26.7 Å². The van der Waals surface area contributed by atoms with Gasteiger partial charge in [-0.05, 0) is 0 Å². The highest BCUT2D eigenvalue weighted by atomic mass is 16.5. The average Bonchev–Trinajstić information content (AvgIpc) is 2.33. The molecule has 0 saturated heterocycles. The monoisotopic (exact) mass is 252 g/mol. The molecule has 0 aromatic rings. The van der Waals surface area contributed by atoms with E-state index in [0.29, 0.717) is 13.2 Å². The summed E-state index contributed by atoms with van der Waals surface area (Å²) in [4.78, 5) is 22.7. The quantitative estimate of drug-likeness (QED) is 0.490. The van der Waals surface area contributed by atoms with Gasteiger partial charge in [0.15, 0.2) is 0 Å². The Morgan fingerprint density at radius 2 is 1.28 bits per heavy atom. The summed E-state index contributed by atoms with van der Waals surface area (Å²) in [7, 11) is 0. The minimum atomic E-state index is -0.229. The lowest BCUT2D eigenvalue weighted by Gasteiger charge is -2.10. The van der Waals surface area contributed by atoms with Crippen LogP contribution in [0.15, 0.2) is 24.3 Å². The van der Waals surface area contributed by atoms with Crippen molar-refractivity contribution >= 4 is 11.9 Å². The van der Waals surface area contributed by atoms with E-state index in [1.54, 1.807) is 12.2 Å². The topological polar surface area (TPSA) is 52.6 Å². The SMILES string of the molecule is C[C@H]1/C=C/CC(=O)OC[C@@H](C)/C=C/CC(=O)OC1. The Labute approximate surface area is 108 Å². The lowest BCUT2D eigenvalue weighted by Crippen LogP contribution is -2.12. The molecule has 1 aliphatic heterocycles. The Morgan fingerprint density at radius 1 is 0.889 bits per heavy atom. The third-order valence-electron chi connectivity index (χ3n) is 2.51. The van der Waals surface area contributed by atoms with E-state index in [1.165, 1.54) is 0 Å². The van der Waals surface area contributed by atoms with Crippen molar-refractivity contribution in [3.63, 3.8) is 0 Å². The van der Waals surface area contributed by atoms with E-state index in [9.17, 15) is 9.59 Å². The number of hydrogen-bond acceptors (Lipinski definition) is 4. The van der Waals surface area contributed by atoms with Crippen LogP contribution in [-0.4, -0.2) is 25.2 Å². The second kappa shape index (κ2) is 7.69. The summed E-state index contributed by atoms with van der Waals surface area (Å²) in [6, 6.07) is 0. The van der Waals surface area contributed by atoms with Gasteiger partial charge in [-0.15, -0.1) is 0 Å². The van der Waals surface area contributed by atoms with Gasteiger partial charge >= 0.3 is 11.9 Å². The summed E-state index contributed by atoms with van der Waals surface area (Å²) < 4.78 is 10.2. The summed E-state index contributed by atoms with van der Waals surface area (Å²) in [5.74, 6) is -0.249. The Morgan fingerprint density at radius 3 is 1.67 bits per heavy atom. The molecule has 18 heavy (non-hydrogen) atoms. The first kappa shape index (κ1) is 14.5. The van der Waals surface area contributed by atoms with E-state index in [1.807, 2.05) is 26.0 Å². The van der Waals surface area contributed by atoms with Crippen LogP contribution in [0.25, 0.3) is 0 Å². The van der Waals surface area contributed by atoms with Crippen LogP contribution < -0.4 is 0 Å². The van der Waals surface area contributed by atoms with E-state index in [0.717, 1.165) is 0 Å². The summed E-state index contributed by atoms with van der Waals surface area (Å²) in [5.41, 5.74) is 0. The maximum atomic E-state index is 11.4. The fourth-order valence-corrected chi connectivity index (χ4v) is 1.47. The van der Waals surface area contributed by atoms with Gasteiger partial charge < -0.3 is 9.47 Å². The zero-order chi connectivity index (χ0) is 13.4. The second-order valence-electron chi connectivity index (χ2n) is 4.59. The summed E-state index contributed by atoms with van der Waals surface area (Å²) in [6.45, 7) is 4.54. The molecule has 0 radical (unpaired) electrons. The summed E-state index contributed by atoms with van der Waals surface area (Å²) >= 11 is 0. The molecule has 1 aliphatic rings. The molecule has 2 atom stereocenters. The molecule has 0 N–H and O–H groups in total. The maximum absolute atomic E-state index is 11.4. The first-order valence-electron chi connectivity index (χ1n) is 6.22. The van der Waals surface area contributed by atoms with Gasteiger partial charge in [0.1, 0.15) is 0 Å². The molecule has 0 amide bonds. The standard InChI is InChI=1S/C14H20O4/c1-11-5-3-7-14(16)18-10-12(2)6-4-8-13(15)17-9-11/h3-6,11-12H,7-10H2,1-2H3/b5-3+,6-4+/t11-,12-/m0/s1. The highest BCUT2D eigenvalue weighted by Crippen LogP contribution is 2.05. The summed E-state index contributed by atoms with van der Waals surface area (Å²) in [6.07, 6.45) is 7.75. The maximum Gasteiger partial charge on any atom is 0.309 e. The Hall–Kier alpha value is -1.58. The number of rotatable bonds is 0. The van der Waals surface area contributed by atoms with Crippen molar-refractivity contribution in [3.05, 3.63) is 24.3 Å². The Bertz CT molecular complexity index is 310. The molecule has 0 aromatic heterocycles. The number of carbonyl (C=O) groups excluding carboxylic acids is 2. The van der Waals surface area contributed by atoms with E-state index in [4.69, 9.17) is 9.47 Å². The molecule has 0 aliphatic carbocycles. The predicted molar refractivity (Wildman–Crippen MR) is 67.8 cm³/mol. The molecule has 0 bridgehead atoms. The minimum Gasteiger partial charge on any atom is -0.465 e. The molecule has 1 heterocycles. The summed E-state index contributed by atoms with van der Waals surface area (Å²) in [5, 5.41) is 0. The van der Waals surface area contributed by atoms with Crippen molar-refractivity contribution in [2.75, 3.05) is 13.2 Å². The van der Waals surface area contributed by atoms with Gasteiger partial charge in [-0.25, -0.2) is 0 Å². The van der Waals surface area contributed by atoms with E-state index in [2.05, 4.69) is 0 Å². The lowest BCUT2D eigenvalue weighted by molar-refractivity contribution is -0.144. The van der Waals surface area contributed by atoms with Gasteiger partial charge in [-0.3, -0.25) is 9.59 Å². The first-order valence-corrected chi connectivity index (χ1v) is 6.22. The molecular weight excluding hydrogens is 232 g/mol. The second-order valence-corrected chi connectivity index (χ2v) is 4.59. The van der Waals surface area contributed by atoms with Crippen LogP contribution in [0, 0.1) is 11.8 Å². The molecule has 0 spiro atoms. The normalized spacial score (nSPS) is 30.8. The fraction of sp³-hybridized carbons (Fsp3) is 0.571. The number of ether oxygens (including phenoxy) is 2. The van der Waals surface area contributed by atoms with Crippen LogP contribution in [0.4, 0.5) is 0 Å². The van der Waals surface area contributed by atoms with Crippen molar-refractivity contribution in [1.82, 2.24) is 0 Å². The number of esters is 2. The third-order valence-corrected chi connectivity index (χ3v) is 2.51. The van der Waals surface area contributed by atoms with Gasteiger partial charge in [-0.2, -0.15) is 0 Å². The molecule has 4 heteroatoms. The number of cyclic esters (lactones) is 2. The fourth-order valence-electron chi connectivity index (χ4n) is 1.47. The van der Waals surface area contributed by atoms with E-state index < -0.39 is 0 Å². The third kappa shape index (κ3) is 6.23. The van der Waals surface area contributed by atoms with Crippen molar-refractivity contribution in [1.29, 1.82) is 0 Å². The van der Waals surface area contributed by atoms with Crippen LogP contribution in [-0.2, 0) is 19.1 Å². The highest BCUT2D eigenvalue weighted by Gasteiger charge is 2.07. The van der Waals surface area contributed by atoms with Gasteiger partial charge in [0.2, 0.25) is 0 Å². The zero-order valence-electron chi connectivity index (χ0n) is 10.9. The molecule has 0 fully saturated rings. The molecular formula is C14H20O4. The first-order chi connectivity index (χ1) is 8.58. The highest BCUT2D eigenvalue weighted by molar-refractivity contribution is 5.71. The van der Waals surface area contributed by atoms with E-state index >= 15 is 0 Å². The van der Waals surface area contributed by atoms with Crippen LogP contribution >= 0.6 is 0 Å². The molecule has 0 unspecified atom stereocenters. The molecule has 4 nitrogen and oxygen atoms in total. The smallest absolute Gasteiger partial charge is 0.309 e. The van der Waals surface area contributed by atoms with E-state index in [-0.39, 0.29) is 36.6 Å². The van der Waals surface area contributed by atoms with Crippen LogP contribution in [0.2, 0.25) is 0 Å². The Kier molecular flexibility index (Phi) is 6.19. The van der Waals surface area contributed by atoms with Gasteiger partial charge in [0.25, 0.3) is 0 Å². The Balaban J connectivity index is 2.58. The predicted octanol–water partition coefficient (Wildman–Crippen LogP) is 2.25. The van der Waals surface area contributed by atoms with Crippen molar-refractivity contribution in [3.8, 4) is 0 Å². The largest absolute Gasteiger partial charge is 0.465 e. The van der Waals surface area contributed by atoms with Gasteiger partial charge in [0.05, 0.1) is 26.1 Å². The van der Waals surface area contributed by atoms with Crippen LogP contribution in [0.5, 0.6) is 0 Å². The van der Waals surface area contributed by atoms with Crippen molar-refractivity contribution < 1.29 is 19.1 Å². The van der Waals surface area contributed by atoms with Gasteiger partial charge in [-0.1, -0.05) is 38.2 Å². The average molecular weight is 252 g/mol.